The number of nitrogens with two attached hydrogens (primary N) is 1. The average molecular weight is 248 g/mol. The highest BCUT2D eigenvalue weighted by atomic mass is 16.5. The lowest BCUT2D eigenvalue weighted by Gasteiger charge is -2.40. The standard InChI is InChI=1S/C15H24N2O/c1-11(2)13-5-4-12(3)14(6-13)17-8-15(7-16)9-18-10-15/h4-6,11,17H,7-10,16H2,1-3H3. The predicted octanol–water partition coefficient (Wildman–Crippen LogP) is 2.51. The van der Waals surface area contributed by atoms with Gasteiger partial charge >= 0.3 is 0 Å². The molecule has 3 nitrogen and oxygen atoms in total. The Bertz CT molecular complexity index is 405. The summed E-state index contributed by atoms with van der Waals surface area (Å²) >= 11 is 0. The third-order valence-electron chi connectivity index (χ3n) is 3.83. The summed E-state index contributed by atoms with van der Waals surface area (Å²) in [6, 6.07) is 6.64. The molecule has 0 atom stereocenters. The lowest BCUT2D eigenvalue weighted by atomic mass is 9.86. The quantitative estimate of drug-likeness (QED) is 0.841. The molecular formula is C15H24N2O. The molecule has 1 aromatic carbocycles. The lowest BCUT2D eigenvalue weighted by Crippen LogP contribution is -2.52. The number of ether oxygens (including phenoxy) is 1. The summed E-state index contributed by atoms with van der Waals surface area (Å²) in [6.45, 7) is 9.71. The Balaban J connectivity index is 2.06. The molecular weight excluding hydrogens is 224 g/mol. The highest BCUT2D eigenvalue weighted by molar-refractivity contribution is 5.53. The zero-order valence-electron chi connectivity index (χ0n) is 11.6. The molecule has 3 N–H and O–H groups in total. The van der Waals surface area contributed by atoms with Gasteiger partial charge in [-0.15, -0.1) is 0 Å². The molecule has 2 rings (SSSR count). The lowest BCUT2D eigenvalue weighted by molar-refractivity contribution is -0.0979. The number of rotatable bonds is 5. The van der Waals surface area contributed by atoms with Crippen molar-refractivity contribution in [3.8, 4) is 0 Å². The van der Waals surface area contributed by atoms with E-state index in [2.05, 4.69) is 44.3 Å². The summed E-state index contributed by atoms with van der Waals surface area (Å²) in [5, 5.41) is 3.54. The van der Waals surface area contributed by atoms with E-state index in [1.807, 2.05) is 0 Å². The highest BCUT2D eigenvalue weighted by Gasteiger charge is 2.37. The van der Waals surface area contributed by atoms with Crippen LogP contribution in [0.1, 0.15) is 30.9 Å². The van der Waals surface area contributed by atoms with Gasteiger partial charge in [-0.25, -0.2) is 0 Å². The molecule has 1 aliphatic rings. The fourth-order valence-electron chi connectivity index (χ4n) is 2.15. The van der Waals surface area contributed by atoms with Crippen LogP contribution in [0.25, 0.3) is 0 Å². The van der Waals surface area contributed by atoms with Gasteiger partial charge in [-0.05, 0) is 30.0 Å². The molecule has 1 fully saturated rings. The van der Waals surface area contributed by atoms with Gasteiger partial charge in [0.05, 0.1) is 13.2 Å². The largest absolute Gasteiger partial charge is 0.384 e. The molecule has 1 aliphatic heterocycles. The van der Waals surface area contributed by atoms with Crippen LogP contribution in [0.3, 0.4) is 0 Å². The van der Waals surface area contributed by atoms with Gasteiger partial charge in [0.15, 0.2) is 0 Å². The minimum atomic E-state index is 0.139. The van der Waals surface area contributed by atoms with Gasteiger partial charge in [-0.3, -0.25) is 0 Å². The Morgan fingerprint density at radius 3 is 2.61 bits per heavy atom. The second kappa shape index (κ2) is 5.29. The van der Waals surface area contributed by atoms with Crippen molar-refractivity contribution >= 4 is 5.69 Å². The van der Waals surface area contributed by atoms with Crippen LogP contribution in [0.4, 0.5) is 5.69 Å². The Labute approximate surface area is 110 Å². The van der Waals surface area contributed by atoms with E-state index in [-0.39, 0.29) is 5.41 Å². The maximum Gasteiger partial charge on any atom is 0.0574 e. The SMILES string of the molecule is Cc1ccc(C(C)C)cc1NCC1(CN)COC1. The molecule has 0 bridgehead atoms. The second-order valence-corrected chi connectivity index (χ2v) is 5.78. The van der Waals surface area contributed by atoms with E-state index in [1.165, 1.54) is 16.8 Å². The number of benzene rings is 1. The van der Waals surface area contributed by atoms with Crippen LogP contribution in [0.15, 0.2) is 18.2 Å². The van der Waals surface area contributed by atoms with Gasteiger partial charge in [-0.2, -0.15) is 0 Å². The third-order valence-corrected chi connectivity index (χ3v) is 3.83. The van der Waals surface area contributed by atoms with Crippen molar-refractivity contribution in [1.29, 1.82) is 0 Å². The monoisotopic (exact) mass is 248 g/mol. The first-order valence-electron chi connectivity index (χ1n) is 6.68. The smallest absolute Gasteiger partial charge is 0.0574 e. The Hall–Kier alpha value is -1.06. The van der Waals surface area contributed by atoms with Crippen molar-refractivity contribution < 1.29 is 4.74 Å². The van der Waals surface area contributed by atoms with Crippen LogP contribution in [0.5, 0.6) is 0 Å². The molecule has 0 aromatic heterocycles. The molecule has 1 heterocycles. The fourth-order valence-corrected chi connectivity index (χ4v) is 2.15. The van der Waals surface area contributed by atoms with E-state index in [4.69, 9.17) is 10.5 Å². The van der Waals surface area contributed by atoms with Crippen molar-refractivity contribution in [3.05, 3.63) is 29.3 Å². The average Bonchev–Trinajstić information content (AvgIpc) is 2.30. The van der Waals surface area contributed by atoms with Crippen molar-refractivity contribution in [2.45, 2.75) is 26.7 Å². The number of hydrogen-bond acceptors (Lipinski definition) is 3. The van der Waals surface area contributed by atoms with Crippen LogP contribution in [0, 0.1) is 12.3 Å². The van der Waals surface area contributed by atoms with E-state index in [1.54, 1.807) is 0 Å². The first kappa shape index (κ1) is 13.4. The first-order chi connectivity index (χ1) is 8.56. The van der Waals surface area contributed by atoms with Gasteiger partial charge in [0, 0.05) is 24.2 Å². The molecule has 0 saturated carbocycles. The number of anilines is 1. The van der Waals surface area contributed by atoms with Crippen molar-refractivity contribution in [2.24, 2.45) is 11.1 Å². The van der Waals surface area contributed by atoms with Crippen molar-refractivity contribution in [1.82, 2.24) is 0 Å². The zero-order chi connectivity index (χ0) is 13.2. The third kappa shape index (κ3) is 2.68. The van der Waals surface area contributed by atoms with Crippen LogP contribution in [0.2, 0.25) is 0 Å². The minimum absolute atomic E-state index is 0.139. The molecule has 0 aliphatic carbocycles. The van der Waals surface area contributed by atoms with Gasteiger partial charge < -0.3 is 15.8 Å². The molecule has 1 saturated heterocycles. The summed E-state index contributed by atoms with van der Waals surface area (Å²) in [5.41, 5.74) is 9.85. The minimum Gasteiger partial charge on any atom is -0.384 e. The molecule has 0 amide bonds. The summed E-state index contributed by atoms with van der Waals surface area (Å²) in [6.07, 6.45) is 0. The first-order valence-corrected chi connectivity index (χ1v) is 6.68. The molecule has 0 spiro atoms. The summed E-state index contributed by atoms with van der Waals surface area (Å²) in [5.74, 6) is 0.557. The summed E-state index contributed by atoms with van der Waals surface area (Å²) in [7, 11) is 0. The van der Waals surface area contributed by atoms with E-state index in [0.29, 0.717) is 12.5 Å². The Morgan fingerprint density at radius 2 is 2.11 bits per heavy atom. The number of nitrogens with one attached hydrogen (secondary N) is 1. The summed E-state index contributed by atoms with van der Waals surface area (Å²) < 4.78 is 5.29. The zero-order valence-corrected chi connectivity index (χ0v) is 11.6. The fraction of sp³-hybridized carbons (Fsp3) is 0.600. The molecule has 0 radical (unpaired) electrons. The maximum absolute atomic E-state index is 5.83. The summed E-state index contributed by atoms with van der Waals surface area (Å²) in [4.78, 5) is 0. The van der Waals surface area contributed by atoms with Crippen LogP contribution < -0.4 is 11.1 Å². The van der Waals surface area contributed by atoms with E-state index >= 15 is 0 Å². The van der Waals surface area contributed by atoms with Crippen LogP contribution in [-0.2, 0) is 4.74 Å². The van der Waals surface area contributed by atoms with Gasteiger partial charge in [0.1, 0.15) is 0 Å². The molecule has 3 heteroatoms. The number of hydrogen-bond donors (Lipinski definition) is 2. The Kier molecular flexibility index (Phi) is 3.93. The van der Waals surface area contributed by atoms with E-state index < -0.39 is 0 Å². The molecule has 1 aromatic rings. The van der Waals surface area contributed by atoms with E-state index in [0.717, 1.165) is 19.8 Å². The van der Waals surface area contributed by atoms with Gasteiger partial charge in [0.2, 0.25) is 0 Å². The van der Waals surface area contributed by atoms with Crippen molar-refractivity contribution in [2.75, 3.05) is 31.6 Å². The predicted molar refractivity (Wildman–Crippen MR) is 76.1 cm³/mol. The molecule has 100 valence electrons. The molecule has 0 unspecified atom stereocenters. The van der Waals surface area contributed by atoms with Gasteiger partial charge in [0.25, 0.3) is 0 Å². The Morgan fingerprint density at radius 1 is 1.39 bits per heavy atom. The molecule has 18 heavy (non-hydrogen) atoms. The van der Waals surface area contributed by atoms with Crippen LogP contribution >= 0.6 is 0 Å². The normalized spacial score (nSPS) is 17.6. The topological polar surface area (TPSA) is 47.3 Å². The maximum atomic E-state index is 5.83. The van der Waals surface area contributed by atoms with Crippen molar-refractivity contribution in [3.63, 3.8) is 0 Å². The van der Waals surface area contributed by atoms with Crippen LogP contribution in [-0.4, -0.2) is 26.3 Å². The highest BCUT2D eigenvalue weighted by Crippen LogP contribution is 2.28. The van der Waals surface area contributed by atoms with E-state index in [9.17, 15) is 0 Å². The number of aryl methyl sites for hydroxylation is 1. The van der Waals surface area contributed by atoms with Gasteiger partial charge in [-0.1, -0.05) is 26.0 Å². The second-order valence-electron chi connectivity index (χ2n) is 5.78.